The van der Waals surface area contributed by atoms with Gasteiger partial charge in [0.05, 0.1) is 6.61 Å². The van der Waals surface area contributed by atoms with Gasteiger partial charge in [0.25, 0.3) is 0 Å². The third-order valence-corrected chi connectivity index (χ3v) is 1.75. The molecular formula is C10H21NO2. The van der Waals surface area contributed by atoms with Crippen LogP contribution in [0, 0.1) is 5.41 Å². The maximum Gasteiger partial charge on any atom is 0.220 e. The Morgan fingerprint density at radius 3 is 2.54 bits per heavy atom. The molecule has 0 aliphatic rings. The highest BCUT2D eigenvalue weighted by molar-refractivity contribution is 5.76. The predicted octanol–water partition coefficient (Wildman–Crippen LogP) is 1.58. The maximum atomic E-state index is 11.3. The molecule has 0 aliphatic heterocycles. The van der Waals surface area contributed by atoms with Crippen molar-refractivity contribution in [2.24, 2.45) is 5.41 Å². The van der Waals surface area contributed by atoms with E-state index in [9.17, 15) is 4.79 Å². The van der Waals surface area contributed by atoms with Crippen molar-refractivity contribution >= 4 is 5.91 Å². The molecule has 0 aliphatic carbocycles. The van der Waals surface area contributed by atoms with Gasteiger partial charge in [-0.25, -0.2) is 0 Å². The second kappa shape index (κ2) is 5.97. The van der Waals surface area contributed by atoms with Crippen molar-refractivity contribution in [2.45, 2.75) is 33.6 Å². The molecular weight excluding hydrogens is 166 g/mol. The molecule has 0 aromatic heterocycles. The van der Waals surface area contributed by atoms with Crippen LogP contribution in [-0.2, 0) is 9.53 Å². The number of amides is 1. The van der Waals surface area contributed by atoms with Crippen molar-refractivity contribution in [1.29, 1.82) is 0 Å². The molecule has 13 heavy (non-hydrogen) atoms. The molecule has 0 rings (SSSR count). The number of carbonyl (C=O) groups is 1. The van der Waals surface area contributed by atoms with Crippen LogP contribution in [0.5, 0.6) is 0 Å². The van der Waals surface area contributed by atoms with E-state index in [4.69, 9.17) is 4.74 Å². The maximum absolute atomic E-state index is 11.3. The minimum Gasteiger partial charge on any atom is -0.384 e. The smallest absolute Gasteiger partial charge is 0.220 e. The molecule has 1 amide bonds. The minimum atomic E-state index is -0.0629. The summed E-state index contributed by atoms with van der Waals surface area (Å²) in [5, 5.41) is 2.85. The quantitative estimate of drug-likeness (QED) is 0.685. The van der Waals surface area contributed by atoms with Gasteiger partial charge in [0.15, 0.2) is 0 Å². The molecule has 78 valence electrons. The lowest BCUT2D eigenvalue weighted by Gasteiger charge is -2.22. The lowest BCUT2D eigenvalue weighted by atomic mass is 9.90. The van der Waals surface area contributed by atoms with Gasteiger partial charge in [-0.1, -0.05) is 20.8 Å². The van der Waals surface area contributed by atoms with Crippen molar-refractivity contribution in [3.8, 4) is 0 Å². The van der Waals surface area contributed by atoms with Crippen LogP contribution in [0.15, 0.2) is 0 Å². The molecule has 0 heterocycles. The first-order chi connectivity index (χ1) is 6.02. The first-order valence-electron chi connectivity index (χ1n) is 4.77. The predicted molar refractivity (Wildman–Crippen MR) is 53.6 cm³/mol. The van der Waals surface area contributed by atoms with Gasteiger partial charge in [0.1, 0.15) is 0 Å². The van der Waals surface area contributed by atoms with Gasteiger partial charge < -0.3 is 10.1 Å². The molecule has 0 unspecified atom stereocenters. The molecule has 0 saturated heterocycles. The third-order valence-electron chi connectivity index (χ3n) is 1.75. The van der Waals surface area contributed by atoms with Gasteiger partial charge in [0, 0.05) is 20.1 Å². The van der Waals surface area contributed by atoms with Crippen LogP contribution in [0.3, 0.4) is 0 Å². The summed E-state index contributed by atoms with van der Waals surface area (Å²) in [5.74, 6) is 0.115. The Bertz CT molecular complexity index is 155. The molecule has 0 atom stereocenters. The SMILES string of the molecule is CCCNC(=O)CC(C)(C)COC. The molecule has 0 spiro atoms. The van der Waals surface area contributed by atoms with E-state index in [1.54, 1.807) is 7.11 Å². The van der Waals surface area contributed by atoms with Crippen LogP contribution in [0.25, 0.3) is 0 Å². The minimum absolute atomic E-state index is 0.0629. The second-order valence-electron chi connectivity index (χ2n) is 4.12. The molecule has 3 nitrogen and oxygen atoms in total. The van der Waals surface area contributed by atoms with Crippen LogP contribution < -0.4 is 5.32 Å². The molecule has 1 N–H and O–H groups in total. The highest BCUT2D eigenvalue weighted by Crippen LogP contribution is 2.19. The number of nitrogens with one attached hydrogen (secondary N) is 1. The average molecular weight is 187 g/mol. The number of hydrogen-bond donors (Lipinski definition) is 1. The van der Waals surface area contributed by atoms with Gasteiger partial charge in [-0.3, -0.25) is 4.79 Å². The molecule has 0 aromatic rings. The van der Waals surface area contributed by atoms with Gasteiger partial charge in [-0.05, 0) is 11.8 Å². The van der Waals surface area contributed by atoms with Crippen LogP contribution in [0.2, 0.25) is 0 Å². The van der Waals surface area contributed by atoms with Crippen LogP contribution in [0.4, 0.5) is 0 Å². The van der Waals surface area contributed by atoms with Crippen LogP contribution in [-0.4, -0.2) is 26.2 Å². The Balaban J connectivity index is 3.75. The number of rotatable bonds is 6. The summed E-state index contributed by atoms with van der Waals surface area (Å²) in [5.41, 5.74) is -0.0629. The Morgan fingerprint density at radius 1 is 1.46 bits per heavy atom. The van der Waals surface area contributed by atoms with E-state index in [1.165, 1.54) is 0 Å². The number of methoxy groups -OCH3 is 1. The fraction of sp³-hybridized carbons (Fsp3) is 0.900. The Morgan fingerprint density at radius 2 is 2.08 bits per heavy atom. The van der Waals surface area contributed by atoms with Gasteiger partial charge in [-0.15, -0.1) is 0 Å². The third kappa shape index (κ3) is 6.58. The van der Waals surface area contributed by atoms with Crippen molar-refractivity contribution in [3.63, 3.8) is 0 Å². The Kier molecular flexibility index (Phi) is 5.71. The fourth-order valence-corrected chi connectivity index (χ4v) is 1.20. The zero-order valence-electron chi connectivity index (χ0n) is 9.14. The monoisotopic (exact) mass is 187 g/mol. The summed E-state index contributed by atoms with van der Waals surface area (Å²) in [6, 6.07) is 0. The zero-order chi connectivity index (χ0) is 10.3. The van der Waals surface area contributed by atoms with Crippen molar-refractivity contribution in [2.75, 3.05) is 20.3 Å². The average Bonchev–Trinajstić information content (AvgIpc) is 1.99. The van der Waals surface area contributed by atoms with Crippen molar-refractivity contribution < 1.29 is 9.53 Å². The molecule has 0 radical (unpaired) electrons. The van der Waals surface area contributed by atoms with E-state index in [-0.39, 0.29) is 11.3 Å². The summed E-state index contributed by atoms with van der Waals surface area (Å²) in [6.07, 6.45) is 1.51. The van der Waals surface area contributed by atoms with E-state index in [0.717, 1.165) is 13.0 Å². The Hall–Kier alpha value is -0.570. The topological polar surface area (TPSA) is 38.3 Å². The molecule has 0 saturated carbocycles. The largest absolute Gasteiger partial charge is 0.384 e. The first kappa shape index (κ1) is 12.4. The normalized spacial score (nSPS) is 11.4. The summed E-state index contributed by atoms with van der Waals surface area (Å²) in [6.45, 7) is 7.49. The molecule has 0 bridgehead atoms. The molecule has 0 fully saturated rings. The van der Waals surface area contributed by atoms with Crippen LogP contribution in [0.1, 0.15) is 33.6 Å². The summed E-state index contributed by atoms with van der Waals surface area (Å²) < 4.78 is 5.03. The van der Waals surface area contributed by atoms with Crippen molar-refractivity contribution in [1.82, 2.24) is 5.32 Å². The van der Waals surface area contributed by atoms with E-state index in [2.05, 4.69) is 5.32 Å². The Labute approximate surface area is 80.8 Å². The number of ether oxygens (including phenoxy) is 1. The van der Waals surface area contributed by atoms with Crippen molar-refractivity contribution in [3.05, 3.63) is 0 Å². The summed E-state index contributed by atoms with van der Waals surface area (Å²) in [4.78, 5) is 11.3. The zero-order valence-corrected chi connectivity index (χ0v) is 9.14. The summed E-state index contributed by atoms with van der Waals surface area (Å²) in [7, 11) is 1.66. The lowest BCUT2D eigenvalue weighted by molar-refractivity contribution is -0.123. The van der Waals surface area contributed by atoms with Gasteiger partial charge >= 0.3 is 0 Å². The molecule has 3 heteroatoms. The van der Waals surface area contributed by atoms with Gasteiger partial charge in [0.2, 0.25) is 5.91 Å². The number of hydrogen-bond acceptors (Lipinski definition) is 2. The summed E-state index contributed by atoms with van der Waals surface area (Å²) >= 11 is 0. The van der Waals surface area contributed by atoms with E-state index in [1.807, 2.05) is 20.8 Å². The lowest BCUT2D eigenvalue weighted by Crippen LogP contribution is -2.31. The molecule has 0 aromatic carbocycles. The van der Waals surface area contributed by atoms with E-state index < -0.39 is 0 Å². The highest BCUT2D eigenvalue weighted by atomic mass is 16.5. The van der Waals surface area contributed by atoms with Gasteiger partial charge in [-0.2, -0.15) is 0 Å². The highest BCUT2D eigenvalue weighted by Gasteiger charge is 2.21. The van der Waals surface area contributed by atoms with E-state index >= 15 is 0 Å². The first-order valence-corrected chi connectivity index (χ1v) is 4.77. The standard InChI is InChI=1S/C10H21NO2/c1-5-6-11-9(12)7-10(2,3)8-13-4/h5-8H2,1-4H3,(H,11,12). The second-order valence-corrected chi connectivity index (χ2v) is 4.12. The number of carbonyl (C=O) groups excluding carboxylic acids is 1. The van der Waals surface area contributed by atoms with E-state index in [0.29, 0.717) is 13.0 Å². The van der Waals surface area contributed by atoms with Crippen LogP contribution >= 0.6 is 0 Å². The fourth-order valence-electron chi connectivity index (χ4n) is 1.20.